The van der Waals surface area contributed by atoms with Crippen molar-refractivity contribution in [2.45, 2.75) is 19.9 Å². The quantitative estimate of drug-likeness (QED) is 0.421. The van der Waals surface area contributed by atoms with Crippen LogP contribution in [0.5, 0.6) is 5.75 Å². The van der Waals surface area contributed by atoms with E-state index in [1.165, 1.54) is 37.2 Å². The number of carbonyl (C=O) groups is 3. The van der Waals surface area contributed by atoms with Gasteiger partial charge in [-0.2, -0.15) is 0 Å². The van der Waals surface area contributed by atoms with Crippen molar-refractivity contribution < 1.29 is 33.1 Å². The molecule has 0 bridgehead atoms. The van der Waals surface area contributed by atoms with Crippen LogP contribution < -0.4 is 20.4 Å². The van der Waals surface area contributed by atoms with Gasteiger partial charge in [0, 0.05) is 30.5 Å². The highest BCUT2D eigenvalue weighted by Gasteiger charge is 2.35. The Morgan fingerprint density at radius 1 is 1.21 bits per heavy atom. The van der Waals surface area contributed by atoms with Crippen molar-refractivity contribution in [3.8, 4) is 11.4 Å². The Labute approximate surface area is 191 Å². The number of H-pyrrole nitrogens is 1. The second kappa shape index (κ2) is 8.90. The lowest BCUT2D eigenvalue weighted by molar-refractivity contribution is -0.672. The Morgan fingerprint density at radius 3 is 2.58 bits per heavy atom. The summed E-state index contributed by atoms with van der Waals surface area (Å²) in [7, 11) is 2.77. The molecule has 3 aromatic rings. The van der Waals surface area contributed by atoms with Gasteiger partial charge in [0.05, 0.1) is 26.3 Å². The number of fused-ring (bicyclic) bond motifs is 1. The Bertz CT molecular complexity index is 1290. The maximum Gasteiger partial charge on any atom is 0.441 e. The van der Waals surface area contributed by atoms with Crippen LogP contribution in [-0.2, 0) is 22.5 Å². The van der Waals surface area contributed by atoms with Crippen molar-refractivity contribution >= 4 is 34.1 Å². The molecule has 4 rings (SSSR count). The van der Waals surface area contributed by atoms with Crippen molar-refractivity contribution in [3.63, 3.8) is 0 Å². The van der Waals surface area contributed by atoms with E-state index in [0.29, 0.717) is 30.9 Å². The number of rotatable bonds is 5. The van der Waals surface area contributed by atoms with Gasteiger partial charge in [0.25, 0.3) is 0 Å². The highest BCUT2D eigenvalue weighted by atomic mass is 32.1. The second-order valence-electron chi connectivity index (χ2n) is 7.21. The lowest BCUT2D eigenvalue weighted by Crippen LogP contribution is -2.42. The molecule has 33 heavy (non-hydrogen) atoms. The van der Waals surface area contributed by atoms with Crippen LogP contribution in [0.25, 0.3) is 5.69 Å². The standard InChI is InChI=1S/C21H20N4O7S/c1-11(26)24-9-8-14-15(10-24)33-19(16(14)20(28)31-3)22-18(27)17-21(29)32-23-25(17)12-4-6-13(30-2)7-5-12/h4-7H,8-10H2,1-3H3,(H-,22,23,27,28,29)/p+1. The molecule has 1 aromatic carbocycles. The number of nitrogens with zero attached hydrogens (tertiary/aromatic N) is 2. The average molecular weight is 473 g/mol. The molecule has 3 heterocycles. The number of benzene rings is 1. The molecule has 0 saturated carbocycles. The molecule has 0 saturated heterocycles. The molecule has 2 amide bonds. The van der Waals surface area contributed by atoms with Gasteiger partial charge in [0.1, 0.15) is 10.8 Å². The molecular weight excluding hydrogens is 452 g/mol. The number of thiophene rings is 1. The Balaban J connectivity index is 1.70. The van der Waals surface area contributed by atoms with Gasteiger partial charge in [-0.05, 0) is 34.1 Å². The highest BCUT2D eigenvalue weighted by molar-refractivity contribution is 7.17. The minimum atomic E-state index is -0.882. The van der Waals surface area contributed by atoms with Crippen LogP contribution in [-0.4, -0.2) is 48.7 Å². The van der Waals surface area contributed by atoms with Gasteiger partial charge < -0.3 is 19.7 Å². The molecule has 12 heteroatoms. The maximum atomic E-state index is 13.1. The Morgan fingerprint density at radius 2 is 1.94 bits per heavy atom. The molecular formula is C21H21N4O7S+. The third-order valence-corrected chi connectivity index (χ3v) is 6.44. The summed E-state index contributed by atoms with van der Waals surface area (Å²) < 4.78 is 16.1. The predicted molar refractivity (Wildman–Crippen MR) is 116 cm³/mol. The van der Waals surface area contributed by atoms with Gasteiger partial charge in [0.15, 0.2) is 0 Å². The summed E-state index contributed by atoms with van der Waals surface area (Å²) in [6.45, 7) is 2.26. The van der Waals surface area contributed by atoms with E-state index in [1.54, 1.807) is 29.2 Å². The fourth-order valence-electron chi connectivity index (χ4n) is 3.62. The first-order chi connectivity index (χ1) is 15.8. The first-order valence-electron chi connectivity index (χ1n) is 9.91. The average Bonchev–Trinajstić information content (AvgIpc) is 3.37. The summed E-state index contributed by atoms with van der Waals surface area (Å²) in [5, 5.41) is 5.30. The number of hydrogen-bond donors (Lipinski definition) is 2. The summed E-state index contributed by atoms with van der Waals surface area (Å²) >= 11 is 1.17. The van der Waals surface area contributed by atoms with Crippen molar-refractivity contribution in [2.75, 3.05) is 26.1 Å². The fourth-order valence-corrected chi connectivity index (χ4v) is 4.87. The van der Waals surface area contributed by atoms with Crippen LogP contribution in [0.2, 0.25) is 0 Å². The third kappa shape index (κ3) is 4.12. The molecule has 1 aliphatic rings. The van der Waals surface area contributed by atoms with E-state index in [4.69, 9.17) is 14.0 Å². The number of esters is 1. The largest absolute Gasteiger partial charge is 0.497 e. The molecule has 172 valence electrons. The Kier molecular flexibility index (Phi) is 6.01. The number of ether oxygens (including phenoxy) is 2. The number of methoxy groups -OCH3 is 2. The van der Waals surface area contributed by atoms with E-state index in [9.17, 15) is 19.2 Å². The van der Waals surface area contributed by atoms with Crippen molar-refractivity contribution in [2.24, 2.45) is 0 Å². The number of aromatic nitrogens is 2. The normalized spacial score (nSPS) is 12.8. The molecule has 2 N–H and O–H groups in total. The number of aromatic amines is 1. The van der Waals surface area contributed by atoms with Crippen LogP contribution in [0.4, 0.5) is 5.00 Å². The van der Waals surface area contributed by atoms with E-state index in [0.717, 1.165) is 10.4 Å². The van der Waals surface area contributed by atoms with Crippen molar-refractivity contribution in [1.82, 2.24) is 10.2 Å². The predicted octanol–water partition coefficient (Wildman–Crippen LogP) is 1.26. The monoisotopic (exact) mass is 473 g/mol. The summed E-state index contributed by atoms with van der Waals surface area (Å²) in [5.74, 6) is -0.858. The van der Waals surface area contributed by atoms with Crippen LogP contribution in [0, 0.1) is 0 Å². The second-order valence-corrected chi connectivity index (χ2v) is 8.31. The van der Waals surface area contributed by atoms with Gasteiger partial charge in [-0.25, -0.2) is 9.59 Å². The smallest absolute Gasteiger partial charge is 0.441 e. The number of hydrogen-bond acceptors (Lipinski definition) is 8. The summed E-state index contributed by atoms with van der Waals surface area (Å²) in [5.41, 5.74) is 0.219. The number of anilines is 1. The number of carbonyl (C=O) groups excluding carboxylic acids is 3. The minimum absolute atomic E-state index is 0.0790. The van der Waals surface area contributed by atoms with Gasteiger partial charge in [-0.15, -0.1) is 11.3 Å². The van der Waals surface area contributed by atoms with Gasteiger partial charge in [0.2, 0.25) is 11.6 Å². The van der Waals surface area contributed by atoms with Crippen LogP contribution in [0.3, 0.4) is 0 Å². The maximum absolute atomic E-state index is 13.1. The summed E-state index contributed by atoms with van der Waals surface area (Å²) in [6.07, 6.45) is 0.448. The van der Waals surface area contributed by atoms with Crippen LogP contribution in [0.1, 0.15) is 38.2 Å². The molecule has 0 aliphatic carbocycles. The van der Waals surface area contributed by atoms with Crippen LogP contribution in [0.15, 0.2) is 33.6 Å². The molecule has 1 aliphatic heterocycles. The van der Waals surface area contributed by atoms with E-state index in [1.807, 2.05) is 0 Å². The zero-order chi connectivity index (χ0) is 23.7. The zero-order valence-corrected chi connectivity index (χ0v) is 18.9. The first-order valence-corrected chi connectivity index (χ1v) is 10.7. The van der Waals surface area contributed by atoms with E-state index in [-0.39, 0.29) is 22.2 Å². The number of amides is 2. The minimum Gasteiger partial charge on any atom is -0.497 e. The van der Waals surface area contributed by atoms with Gasteiger partial charge in [-0.1, -0.05) is 0 Å². The fraction of sp³-hybridized carbons (Fsp3) is 0.286. The van der Waals surface area contributed by atoms with E-state index >= 15 is 0 Å². The Hall–Kier alpha value is -3.93. The molecule has 0 atom stereocenters. The first kappa shape index (κ1) is 22.3. The van der Waals surface area contributed by atoms with Crippen molar-refractivity contribution in [3.05, 3.63) is 56.4 Å². The van der Waals surface area contributed by atoms with Crippen molar-refractivity contribution in [1.29, 1.82) is 0 Å². The van der Waals surface area contributed by atoms with Gasteiger partial charge in [-0.3, -0.25) is 14.1 Å². The zero-order valence-electron chi connectivity index (χ0n) is 18.1. The third-order valence-electron chi connectivity index (χ3n) is 5.31. The highest BCUT2D eigenvalue weighted by Crippen LogP contribution is 2.37. The summed E-state index contributed by atoms with van der Waals surface area (Å²) in [4.78, 5) is 52.2. The molecule has 2 aromatic heterocycles. The molecule has 0 spiro atoms. The summed E-state index contributed by atoms with van der Waals surface area (Å²) in [6, 6.07) is 6.61. The lowest BCUT2D eigenvalue weighted by atomic mass is 10.0. The number of nitrogens with one attached hydrogen (secondary N) is 2. The molecule has 0 unspecified atom stereocenters. The molecule has 0 fully saturated rings. The lowest BCUT2D eigenvalue weighted by Gasteiger charge is -2.25. The van der Waals surface area contributed by atoms with Gasteiger partial charge >= 0.3 is 23.2 Å². The van der Waals surface area contributed by atoms with E-state index < -0.39 is 17.5 Å². The topological polar surface area (TPSA) is 135 Å². The van der Waals surface area contributed by atoms with E-state index in [2.05, 4.69) is 10.6 Å². The molecule has 0 radical (unpaired) electrons. The van der Waals surface area contributed by atoms with Crippen LogP contribution >= 0.6 is 11.3 Å². The molecule has 11 nitrogen and oxygen atoms in total. The SMILES string of the molecule is COC(=O)c1c(NC(=O)c2c(=O)o[nH][n+]2-c2ccc(OC)cc2)sc2c1CCN(C(C)=O)C2.